The van der Waals surface area contributed by atoms with Crippen molar-refractivity contribution in [3.8, 4) is 17.1 Å². The Morgan fingerprint density at radius 1 is 1.20 bits per heavy atom. The standard InChI is InChI=1S/C18H17N3O4/c1-12-8-9-15(25-12)17-14(18(24)20(2)11-16(22)23)10-21(19-17)13-6-4-3-5-7-13/h3-10H,11H2,1-2H3,(H,22,23). The van der Waals surface area contributed by atoms with E-state index >= 15 is 0 Å². The van der Waals surface area contributed by atoms with E-state index in [4.69, 9.17) is 9.52 Å². The number of likely N-dealkylation sites (N-methyl/N-ethyl adjacent to an activating group) is 1. The van der Waals surface area contributed by atoms with Crippen molar-refractivity contribution in [2.24, 2.45) is 0 Å². The van der Waals surface area contributed by atoms with E-state index in [2.05, 4.69) is 5.10 Å². The van der Waals surface area contributed by atoms with Gasteiger partial charge in [0.25, 0.3) is 5.91 Å². The first kappa shape index (κ1) is 16.5. The van der Waals surface area contributed by atoms with E-state index in [1.54, 1.807) is 29.9 Å². The Kier molecular flexibility index (Phi) is 4.38. The van der Waals surface area contributed by atoms with Gasteiger partial charge in [-0.05, 0) is 31.2 Å². The highest BCUT2D eigenvalue weighted by molar-refractivity contribution is 6.00. The van der Waals surface area contributed by atoms with Crippen LogP contribution >= 0.6 is 0 Å². The molecule has 2 heterocycles. The molecule has 2 aromatic heterocycles. The number of aliphatic carboxylic acids is 1. The van der Waals surface area contributed by atoms with Gasteiger partial charge in [-0.15, -0.1) is 0 Å². The van der Waals surface area contributed by atoms with Crippen LogP contribution in [0.25, 0.3) is 17.1 Å². The third kappa shape index (κ3) is 3.45. The fourth-order valence-electron chi connectivity index (χ4n) is 2.47. The molecule has 0 spiro atoms. The summed E-state index contributed by atoms with van der Waals surface area (Å²) in [5.41, 5.74) is 1.44. The zero-order valence-corrected chi connectivity index (χ0v) is 13.8. The lowest BCUT2D eigenvalue weighted by atomic mass is 10.2. The normalized spacial score (nSPS) is 10.6. The van der Waals surface area contributed by atoms with Crippen molar-refractivity contribution in [3.05, 3.63) is 60.0 Å². The molecule has 0 aliphatic carbocycles. The maximum atomic E-state index is 12.7. The van der Waals surface area contributed by atoms with Crippen LogP contribution in [0.4, 0.5) is 0 Å². The van der Waals surface area contributed by atoms with E-state index in [1.807, 2.05) is 30.3 Å². The van der Waals surface area contributed by atoms with Crippen LogP contribution in [0.5, 0.6) is 0 Å². The molecule has 128 valence electrons. The van der Waals surface area contributed by atoms with Crippen molar-refractivity contribution >= 4 is 11.9 Å². The number of rotatable bonds is 5. The predicted molar refractivity (Wildman–Crippen MR) is 90.6 cm³/mol. The van der Waals surface area contributed by atoms with Crippen LogP contribution in [0.15, 0.2) is 53.1 Å². The molecule has 0 aliphatic heterocycles. The minimum Gasteiger partial charge on any atom is -0.480 e. The Labute approximate surface area is 144 Å². The summed E-state index contributed by atoms with van der Waals surface area (Å²) in [4.78, 5) is 24.7. The summed E-state index contributed by atoms with van der Waals surface area (Å²) in [5, 5.41) is 13.4. The number of aryl methyl sites for hydroxylation is 1. The van der Waals surface area contributed by atoms with E-state index in [1.165, 1.54) is 7.05 Å². The fraction of sp³-hybridized carbons (Fsp3) is 0.167. The number of carboxylic acids is 1. The lowest BCUT2D eigenvalue weighted by Crippen LogP contribution is -2.32. The molecule has 3 aromatic rings. The van der Waals surface area contributed by atoms with Gasteiger partial charge in [0.2, 0.25) is 0 Å². The number of aromatic nitrogens is 2. The molecule has 0 aliphatic rings. The predicted octanol–water partition coefficient (Wildman–Crippen LogP) is 2.60. The van der Waals surface area contributed by atoms with E-state index < -0.39 is 18.4 Å². The molecule has 0 atom stereocenters. The SMILES string of the molecule is Cc1ccc(-c2nn(-c3ccccc3)cc2C(=O)N(C)CC(=O)O)o1. The smallest absolute Gasteiger partial charge is 0.323 e. The van der Waals surface area contributed by atoms with Gasteiger partial charge in [-0.1, -0.05) is 18.2 Å². The van der Waals surface area contributed by atoms with Crippen LogP contribution in [0.3, 0.4) is 0 Å². The van der Waals surface area contributed by atoms with Crippen molar-refractivity contribution in [1.82, 2.24) is 14.7 Å². The molecule has 0 saturated carbocycles. The molecule has 0 saturated heterocycles. The minimum atomic E-state index is -1.08. The van der Waals surface area contributed by atoms with Gasteiger partial charge >= 0.3 is 5.97 Å². The van der Waals surface area contributed by atoms with E-state index in [0.29, 0.717) is 17.2 Å². The molecule has 0 fully saturated rings. The Hall–Kier alpha value is -3.35. The number of hydrogen-bond donors (Lipinski definition) is 1. The number of carbonyl (C=O) groups excluding carboxylic acids is 1. The molecule has 1 aromatic carbocycles. The summed E-state index contributed by atoms with van der Waals surface area (Å²) < 4.78 is 7.19. The number of furan rings is 1. The van der Waals surface area contributed by atoms with Crippen molar-refractivity contribution in [2.45, 2.75) is 6.92 Å². The zero-order chi connectivity index (χ0) is 18.0. The van der Waals surface area contributed by atoms with E-state index in [-0.39, 0.29) is 5.56 Å². The van der Waals surface area contributed by atoms with Crippen LogP contribution in [0, 0.1) is 6.92 Å². The third-order valence-electron chi connectivity index (χ3n) is 3.66. The highest BCUT2D eigenvalue weighted by Gasteiger charge is 2.24. The van der Waals surface area contributed by atoms with Crippen LogP contribution in [0.2, 0.25) is 0 Å². The third-order valence-corrected chi connectivity index (χ3v) is 3.66. The van der Waals surface area contributed by atoms with Crippen molar-refractivity contribution < 1.29 is 19.1 Å². The highest BCUT2D eigenvalue weighted by atomic mass is 16.4. The lowest BCUT2D eigenvalue weighted by molar-refractivity contribution is -0.137. The van der Waals surface area contributed by atoms with Crippen molar-refractivity contribution in [1.29, 1.82) is 0 Å². The first-order chi connectivity index (χ1) is 12.0. The van der Waals surface area contributed by atoms with Gasteiger partial charge < -0.3 is 14.4 Å². The molecule has 7 heteroatoms. The summed E-state index contributed by atoms with van der Waals surface area (Å²) in [5.74, 6) is -0.365. The minimum absolute atomic E-state index is 0.280. The number of nitrogens with zero attached hydrogens (tertiary/aromatic N) is 3. The average Bonchev–Trinajstić information content (AvgIpc) is 3.20. The zero-order valence-electron chi connectivity index (χ0n) is 13.8. The molecule has 25 heavy (non-hydrogen) atoms. The van der Waals surface area contributed by atoms with Crippen LogP contribution in [-0.2, 0) is 4.79 Å². The summed E-state index contributed by atoms with van der Waals surface area (Å²) in [6.07, 6.45) is 1.59. The Morgan fingerprint density at radius 3 is 2.52 bits per heavy atom. The molecule has 0 radical (unpaired) electrons. The Bertz CT molecular complexity index is 912. The topological polar surface area (TPSA) is 88.6 Å². The molecule has 0 unspecified atom stereocenters. The maximum absolute atomic E-state index is 12.7. The van der Waals surface area contributed by atoms with Crippen LogP contribution in [0.1, 0.15) is 16.1 Å². The first-order valence-electron chi connectivity index (χ1n) is 7.65. The van der Waals surface area contributed by atoms with Crippen LogP contribution < -0.4 is 0 Å². The van der Waals surface area contributed by atoms with Crippen LogP contribution in [-0.4, -0.2) is 45.3 Å². The average molecular weight is 339 g/mol. The summed E-state index contributed by atoms with van der Waals surface area (Å²) in [6.45, 7) is 1.40. The summed E-state index contributed by atoms with van der Waals surface area (Å²) in [7, 11) is 1.44. The number of hydrogen-bond acceptors (Lipinski definition) is 4. The Morgan fingerprint density at radius 2 is 1.92 bits per heavy atom. The molecule has 7 nitrogen and oxygen atoms in total. The van der Waals surface area contributed by atoms with Gasteiger partial charge in [0.15, 0.2) is 5.76 Å². The molecular formula is C18H17N3O4. The monoisotopic (exact) mass is 339 g/mol. The summed E-state index contributed by atoms with van der Waals surface area (Å²) in [6, 6.07) is 12.9. The van der Waals surface area contributed by atoms with Crippen molar-refractivity contribution in [2.75, 3.05) is 13.6 Å². The maximum Gasteiger partial charge on any atom is 0.323 e. The highest BCUT2D eigenvalue weighted by Crippen LogP contribution is 2.26. The Balaban J connectivity index is 2.07. The van der Waals surface area contributed by atoms with Crippen molar-refractivity contribution in [3.63, 3.8) is 0 Å². The van der Waals surface area contributed by atoms with Gasteiger partial charge in [0.05, 0.1) is 11.3 Å². The molecule has 1 amide bonds. The lowest BCUT2D eigenvalue weighted by Gasteiger charge is -2.13. The van der Waals surface area contributed by atoms with Gasteiger partial charge in [-0.2, -0.15) is 5.10 Å². The molecule has 1 N–H and O–H groups in total. The second kappa shape index (κ2) is 6.64. The molecule has 0 bridgehead atoms. The number of para-hydroxylation sites is 1. The number of carboxylic acid groups (broad SMARTS) is 1. The number of benzene rings is 1. The molecular weight excluding hydrogens is 322 g/mol. The second-order valence-corrected chi connectivity index (χ2v) is 5.64. The number of carbonyl (C=O) groups is 2. The fourth-order valence-corrected chi connectivity index (χ4v) is 2.47. The van der Waals surface area contributed by atoms with Gasteiger partial charge in [0.1, 0.15) is 18.0 Å². The second-order valence-electron chi connectivity index (χ2n) is 5.64. The quantitative estimate of drug-likeness (QED) is 0.772. The summed E-state index contributed by atoms with van der Waals surface area (Å²) >= 11 is 0. The van der Waals surface area contributed by atoms with Gasteiger partial charge in [-0.25, -0.2) is 4.68 Å². The van der Waals surface area contributed by atoms with E-state index in [9.17, 15) is 9.59 Å². The van der Waals surface area contributed by atoms with Gasteiger partial charge in [0, 0.05) is 13.2 Å². The molecule has 3 rings (SSSR count). The first-order valence-corrected chi connectivity index (χ1v) is 7.65. The van der Waals surface area contributed by atoms with E-state index in [0.717, 1.165) is 10.6 Å². The van der Waals surface area contributed by atoms with Gasteiger partial charge in [-0.3, -0.25) is 9.59 Å². The largest absolute Gasteiger partial charge is 0.480 e. The number of amides is 1.